The lowest BCUT2D eigenvalue weighted by molar-refractivity contribution is 0.0833. The molecule has 0 fully saturated rings. The first-order valence-electron chi connectivity index (χ1n) is 10.5. The number of benzene rings is 3. The van der Waals surface area contributed by atoms with Gasteiger partial charge in [0.2, 0.25) is 0 Å². The number of ketones is 1. The van der Waals surface area contributed by atoms with E-state index in [1.165, 1.54) is 10.8 Å². The van der Waals surface area contributed by atoms with E-state index in [0.29, 0.717) is 0 Å². The number of fused-ring (bicyclic) bond motifs is 3. The van der Waals surface area contributed by atoms with Crippen molar-refractivity contribution >= 4 is 55.7 Å². The van der Waals surface area contributed by atoms with Gasteiger partial charge in [-0.15, -0.1) is 12.4 Å². The Morgan fingerprint density at radius 2 is 1.55 bits per heavy atom. The normalized spacial score (nSPS) is 12.3. The summed E-state index contributed by atoms with van der Waals surface area (Å²) in [6, 6.07) is 16.6. The third kappa shape index (κ3) is 5.39. The zero-order chi connectivity index (χ0) is 20.1. The summed E-state index contributed by atoms with van der Waals surface area (Å²) in [5.41, 5.74) is 0.811. The molecule has 156 valence electrons. The summed E-state index contributed by atoms with van der Waals surface area (Å²) in [5, 5.41) is 4.66. The maximum Gasteiger partial charge on any atom is 0.179 e. The Hall–Kier alpha value is -1.42. The van der Waals surface area contributed by atoms with E-state index in [-0.39, 0.29) is 24.2 Å². The van der Waals surface area contributed by atoms with Crippen molar-refractivity contribution < 1.29 is 4.79 Å². The molecule has 0 saturated carbocycles. The van der Waals surface area contributed by atoms with Gasteiger partial charge in [-0.25, -0.2) is 0 Å². The minimum absolute atomic E-state index is 0. The Kier molecular flexibility index (Phi) is 9.13. The van der Waals surface area contributed by atoms with Gasteiger partial charge in [-0.3, -0.25) is 9.69 Å². The third-order valence-electron chi connectivity index (χ3n) is 5.62. The van der Waals surface area contributed by atoms with Gasteiger partial charge in [0.1, 0.15) is 0 Å². The molecule has 0 aliphatic rings. The van der Waals surface area contributed by atoms with E-state index >= 15 is 0 Å². The average Bonchev–Trinajstić information content (AvgIpc) is 2.73. The molecule has 3 rings (SSSR count). The van der Waals surface area contributed by atoms with Gasteiger partial charge >= 0.3 is 0 Å². The molecule has 3 aromatic rings. The molecule has 29 heavy (non-hydrogen) atoms. The summed E-state index contributed by atoms with van der Waals surface area (Å²) in [7, 11) is 0. The summed E-state index contributed by atoms with van der Waals surface area (Å²) >= 11 is 3.68. The Balaban J connectivity index is 0.00000300. The number of nitrogens with zero attached hydrogens (tertiary/aromatic N) is 1. The van der Waals surface area contributed by atoms with Crippen molar-refractivity contribution in [3.05, 3.63) is 58.6 Å². The lowest BCUT2D eigenvalue weighted by Crippen LogP contribution is -2.40. The Bertz CT molecular complexity index is 964. The minimum atomic E-state index is -0.0859. The van der Waals surface area contributed by atoms with Crippen LogP contribution in [0.25, 0.3) is 21.5 Å². The molecule has 0 aliphatic carbocycles. The van der Waals surface area contributed by atoms with E-state index in [9.17, 15) is 4.79 Å². The zero-order valence-electron chi connectivity index (χ0n) is 17.6. The number of hydrogen-bond acceptors (Lipinski definition) is 2. The van der Waals surface area contributed by atoms with Crippen molar-refractivity contribution in [1.82, 2.24) is 4.90 Å². The van der Waals surface area contributed by atoms with Crippen LogP contribution < -0.4 is 0 Å². The molecule has 1 unspecified atom stereocenters. The fourth-order valence-corrected chi connectivity index (χ4v) is 4.43. The zero-order valence-corrected chi connectivity index (χ0v) is 20.0. The van der Waals surface area contributed by atoms with Crippen LogP contribution in [0.3, 0.4) is 0 Å². The van der Waals surface area contributed by atoms with Crippen molar-refractivity contribution in [2.24, 2.45) is 0 Å². The highest BCUT2D eigenvalue weighted by Crippen LogP contribution is 2.32. The van der Waals surface area contributed by atoms with Crippen LogP contribution in [-0.2, 0) is 0 Å². The van der Waals surface area contributed by atoms with Crippen LogP contribution in [0.1, 0.15) is 56.8 Å². The molecule has 0 aliphatic heterocycles. The van der Waals surface area contributed by atoms with Gasteiger partial charge in [0.15, 0.2) is 5.78 Å². The lowest BCUT2D eigenvalue weighted by Gasteiger charge is -2.28. The molecular weight excluding hydrogens is 446 g/mol. The number of hydrogen-bond donors (Lipinski definition) is 0. The predicted octanol–water partition coefficient (Wildman–Crippen LogP) is 7.65. The molecular formula is C25H31BrClNO. The highest BCUT2D eigenvalue weighted by molar-refractivity contribution is 9.10. The molecule has 0 radical (unpaired) electrons. The maximum atomic E-state index is 13.3. The van der Waals surface area contributed by atoms with Crippen LogP contribution in [0, 0.1) is 0 Å². The van der Waals surface area contributed by atoms with E-state index in [4.69, 9.17) is 0 Å². The van der Waals surface area contributed by atoms with Crippen LogP contribution in [-0.4, -0.2) is 29.8 Å². The fraction of sp³-hybridized carbons (Fsp3) is 0.400. The summed E-state index contributed by atoms with van der Waals surface area (Å²) in [6.07, 6.45) is 4.58. The largest absolute Gasteiger partial charge is 0.294 e. The maximum absolute atomic E-state index is 13.3. The highest BCUT2D eigenvalue weighted by Gasteiger charge is 2.22. The first-order chi connectivity index (χ1) is 13.6. The molecule has 2 nitrogen and oxygen atoms in total. The quantitative estimate of drug-likeness (QED) is 0.233. The van der Waals surface area contributed by atoms with E-state index in [0.717, 1.165) is 59.6 Å². The van der Waals surface area contributed by atoms with E-state index in [2.05, 4.69) is 84.1 Å². The van der Waals surface area contributed by atoms with Crippen LogP contribution in [0.15, 0.2) is 53.0 Å². The average molecular weight is 477 g/mol. The molecule has 0 aromatic heterocycles. The second kappa shape index (κ2) is 11.1. The fourth-order valence-electron chi connectivity index (χ4n) is 3.84. The Morgan fingerprint density at radius 1 is 0.931 bits per heavy atom. The van der Waals surface area contributed by atoms with Crippen LogP contribution >= 0.6 is 28.3 Å². The smallest absolute Gasteiger partial charge is 0.179 e. The minimum Gasteiger partial charge on any atom is -0.294 e. The van der Waals surface area contributed by atoms with Crippen molar-refractivity contribution in [3.8, 4) is 0 Å². The van der Waals surface area contributed by atoms with Crippen molar-refractivity contribution in [3.63, 3.8) is 0 Å². The Labute approximate surface area is 189 Å². The molecule has 3 aromatic carbocycles. The Morgan fingerprint density at radius 3 is 2.17 bits per heavy atom. The summed E-state index contributed by atoms with van der Waals surface area (Å²) in [4.78, 5) is 15.7. The number of halogens is 2. The van der Waals surface area contributed by atoms with Gasteiger partial charge in [0.25, 0.3) is 0 Å². The monoisotopic (exact) mass is 475 g/mol. The van der Waals surface area contributed by atoms with E-state index in [1.807, 2.05) is 6.07 Å². The highest BCUT2D eigenvalue weighted by atomic mass is 79.9. The number of Topliss-reactive ketones (excluding diaryl/α,β-unsaturated/α-hetero) is 1. The van der Waals surface area contributed by atoms with Gasteiger partial charge in [-0.1, -0.05) is 79.0 Å². The van der Waals surface area contributed by atoms with Gasteiger partial charge in [-0.05, 0) is 66.5 Å². The molecule has 0 saturated heterocycles. The van der Waals surface area contributed by atoms with Gasteiger partial charge in [-0.2, -0.15) is 0 Å². The predicted molar refractivity (Wildman–Crippen MR) is 132 cm³/mol. The van der Waals surface area contributed by atoms with Crippen LogP contribution in [0.4, 0.5) is 0 Å². The molecule has 4 heteroatoms. The van der Waals surface area contributed by atoms with E-state index < -0.39 is 0 Å². The SMILES string of the molecule is CCCCN(CCCC)C(C)C(=O)c1ccc2cc(Br)c3ccccc3c2c1.Cl. The number of rotatable bonds is 9. The van der Waals surface area contributed by atoms with Crippen molar-refractivity contribution in [1.29, 1.82) is 0 Å². The molecule has 0 spiro atoms. The number of unbranched alkanes of at least 4 members (excludes halogenated alkanes) is 2. The van der Waals surface area contributed by atoms with Crippen molar-refractivity contribution in [2.75, 3.05) is 13.1 Å². The van der Waals surface area contributed by atoms with E-state index in [1.54, 1.807) is 0 Å². The molecule has 0 amide bonds. The molecule has 1 atom stereocenters. The van der Waals surface area contributed by atoms with Crippen molar-refractivity contribution in [2.45, 2.75) is 52.5 Å². The van der Waals surface area contributed by atoms with Gasteiger partial charge < -0.3 is 0 Å². The first kappa shape index (κ1) is 23.9. The van der Waals surface area contributed by atoms with Crippen LogP contribution in [0.2, 0.25) is 0 Å². The first-order valence-corrected chi connectivity index (χ1v) is 11.2. The third-order valence-corrected chi connectivity index (χ3v) is 6.28. The summed E-state index contributed by atoms with van der Waals surface area (Å²) in [5.74, 6) is 0.223. The standard InChI is InChI=1S/C25H30BrNO.ClH/c1-4-6-14-27(15-7-5-2)18(3)25(28)20-13-12-19-17-24(26)22-11-9-8-10-21(22)23(19)16-20;/h8-13,16-18H,4-7,14-15H2,1-3H3;1H. The summed E-state index contributed by atoms with van der Waals surface area (Å²) < 4.78 is 1.09. The second-order valence-electron chi connectivity index (χ2n) is 7.62. The number of carbonyl (C=O) groups is 1. The van der Waals surface area contributed by atoms with Gasteiger partial charge in [0, 0.05) is 10.0 Å². The molecule has 0 heterocycles. The molecule has 0 bridgehead atoms. The van der Waals surface area contributed by atoms with Crippen LogP contribution in [0.5, 0.6) is 0 Å². The second-order valence-corrected chi connectivity index (χ2v) is 8.48. The molecule has 0 N–H and O–H groups in total. The summed E-state index contributed by atoms with van der Waals surface area (Å²) in [6.45, 7) is 8.46. The van der Waals surface area contributed by atoms with Gasteiger partial charge in [0.05, 0.1) is 6.04 Å². The topological polar surface area (TPSA) is 20.3 Å². The lowest BCUT2D eigenvalue weighted by atomic mass is 9.96. The number of carbonyl (C=O) groups excluding carboxylic acids is 1.